The van der Waals surface area contributed by atoms with Crippen molar-refractivity contribution in [2.75, 3.05) is 0 Å². The van der Waals surface area contributed by atoms with Crippen LogP contribution in [0.15, 0.2) is 24.3 Å². The fraction of sp³-hybridized carbons (Fsp3) is 0.625. The lowest BCUT2D eigenvalue weighted by Crippen LogP contribution is -2.33. The Labute approximate surface area is 109 Å². The lowest BCUT2D eigenvalue weighted by Gasteiger charge is -2.32. The standard InChI is InChI=1S/C16H22O2/c1-12-8-4-5-9-14(12)15-13(2)17-16(18-15)10-6-3-7-11-16/h4-5,8-9,13,15H,3,6-7,10-11H2,1-2H3. The Morgan fingerprint density at radius 3 is 2.50 bits per heavy atom. The van der Waals surface area contributed by atoms with Crippen LogP contribution in [0.2, 0.25) is 0 Å². The van der Waals surface area contributed by atoms with Crippen molar-refractivity contribution >= 4 is 0 Å². The molecule has 2 fully saturated rings. The van der Waals surface area contributed by atoms with E-state index < -0.39 is 0 Å². The second-order valence-corrected chi connectivity index (χ2v) is 5.69. The average Bonchev–Trinajstić information content (AvgIpc) is 2.67. The summed E-state index contributed by atoms with van der Waals surface area (Å²) < 4.78 is 12.5. The molecule has 1 aromatic rings. The fourth-order valence-corrected chi connectivity index (χ4v) is 3.30. The quantitative estimate of drug-likeness (QED) is 0.741. The Morgan fingerprint density at radius 2 is 1.78 bits per heavy atom. The molecule has 18 heavy (non-hydrogen) atoms. The third-order valence-corrected chi connectivity index (χ3v) is 4.28. The van der Waals surface area contributed by atoms with Crippen molar-refractivity contribution in [2.24, 2.45) is 0 Å². The molecule has 3 rings (SSSR count). The summed E-state index contributed by atoms with van der Waals surface area (Å²) in [6.45, 7) is 4.29. The molecular weight excluding hydrogens is 224 g/mol. The van der Waals surface area contributed by atoms with Gasteiger partial charge in [-0.05, 0) is 37.8 Å². The molecule has 1 saturated heterocycles. The Morgan fingerprint density at radius 1 is 1.06 bits per heavy atom. The summed E-state index contributed by atoms with van der Waals surface area (Å²) in [5.74, 6) is -0.287. The van der Waals surface area contributed by atoms with Crippen LogP contribution in [0.25, 0.3) is 0 Å². The molecule has 1 aromatic carbocycles. The van der Waals surface area contributed by atoms with E-state index in [1.807, 2.05) is 0 Å². The second kappa shape index (κ2) is 4.67. The number of ether oxygens (including phenoxy) is 2. The summed E-state index contributed by atoms with van der Waals surface area (Å²) in [6, 6.07) is 8.49. The predicted molar refractivity (Wildman–Crippen MR) is 71.4 cm³/mol. The molecule has 1 aliphatic carbocycles. The fourth-order valence-electron chi connectivity index (χ4n) is 3.30. The van der Waals surface area contributed by atoms with E-state index in [4.69, 9.17) is 9.47 Å². The van der Waals surface area contributed by atoms with Gasteiger partial charge in [0.15, 0.2) is 5.79 Å². The maximum atomic E-state index is 6.35. The zero-order valence-electron chi connectivity index (χ0n) is 11.3. The van der Waals surface area contributed by atoms with Gasteiger partial charge >= 0.3 is 0 Å². The number of rotatable bonds is 1. The molecule has 1 heterocycles. The molecule has 0 bridgehead atoms. The molecular formula is C16H22O2. The van der Waals surface area contributed by atoms with Gasteiger partial charge in [0.05, 0.1) is 6.10 Å². The molecule has 0 N–H and O–H groups in total. The molecule has 0 amide bonds. The van der Waals surface area contributed by atoms with Crippen LogP contribution in [0.4, 0.5) is 0 Å². The summed E-state index contributed by atoms with van der Waals surface area (Å²) in [6.07, 6.45) is 6.14. The number of benzene rings is 1. The maximum Gasteiger partial charge on any atom is 0.169 e. The molecule has 2 heteroatoms. The van der Waals surface area contributed by atoms with Crippen LogP contribution in [0.3, 0.4) is 0 Å². The van der Waals surface area contributed by atoms with Gasteiger partial charge in [0.1, 0.15) is 6.10 Å². The minimum Gasteiger partial charge on any atom is -0.344 e. The van der Waals surface area contributed by atoms with Gasteiger partial charge in [-0.2, -0.15) is 0 Å². The normalized spacial score (nSPS) is 30.8. The van der Waals surface area contributed by atoms with Crippen molar-refractivity contribution in [1.82, 2.24) is 0 Å². The highest BCUT2D eigenvalue weighted by atomic mass is 16.8. The molecule has 2 atom stereocenters. The zero-order chi connectivity index (χ0) is 12.6. The van der Waals surface area contributed by atoms with Gasteiger partial charge in [0.2, 0.25) is 0 Å². The first-order valence-corrected chi connectivity index (χ1v) is 7.11. The first kappa shape index (κ1) is 12.2. The SMILES string of the molecule is Cc1ccccc1C1OC2(CCCCC2)OC1C. The number of hydrogen-bond donors (Lipinski definition) is 0. The third-order valence-electron chi connectivity index (χ3n) is 4.28. The molecule has 2 nitrogen and oxygen atoms in total. The molecule has 98 valence electrons. The highest BCUT2D eigenvalue weighted by molar-refractivity contribution is 5.29. The van der Waals surface area contributed by atoms with Crippen LogP contribution in [-0.2, 0) is 9.47 Å². The van der Waals surface area contributed by atoms with E-state index in [0.717, 1.165) is 12.8 Å². The lowest BCUT2D eigenvalue weighted by atomic mass is 9.94. The van der Waals surface area contributed by atoms with Gasteiger partial charge in [0.25, 0.3) is 0 Å². The Balaban J connectivity index is 1.84. The van der Waals surface area contributed by atoms with Crippen molar-refractivity contribution in [1.29, 1.82) is 0 Å². The summed E-state index contributed by atoms with van der Waals surface area (Å²) in [5, 5.41) is 0. The summed E-state index contributed by atoms with van der Waals surface area (Å²) in [5.41, 5.74) is 2.58. The van der Waals surface area contributed by atoms with Crippen molar-refractivity contribution in [3.05, 3.63) is 35.4 Å². The zero-order valence-corrected chi connectivity index (χ0v) is 11.3. The van der Waals surface area contributed by atoms with Crippen molar-refractivity contribution < 1.29 is 9.47 Å². The Bertz CT molecular complexity index is 421. The highest BCUT2D eigenvalue weighted by Gasteiger charge is 2.46. The van der Waals surface area contributed by atoms with Crippen molar-refractivity contribution in [3.8, 4) is 0 Å². The first-order chi connectivity index (χ1) is 8.70. The predicted octanol–water partition coefficient (Wildman–Crippen LogP) is 4.13. The molecule has 0 radical (unpaired) electrons. The first-order valence-electron chi connectivity index (χ1n) is 7.11. The molecule has 0 aromatic heterocycles. The topological polar surface area (TPSA) is 18.5 Å². The summed E-state index contributed by atoms with van der Waals surface area (Å²) in [4.78, 5) is 0. The van der Waals surface area contributed by atoms with Crippen molar-refractivity contribution in [3.63, 3.8) is 0 Å². The van der Waals surface area contributed by atoms with Crippen LogP contribution in [0.1, 0.15) is 56.3 Å². The molecule has 2 unspecified atom stereocenters. The summed E-state index contributed by atoms with van der Waals surface area (Å²) in [7, 11) is 0. The second-order valence-electron chi connectivity index (χ2n) is 5.69. The van der Waals surface area contributed by atoms with E-state index >= 15 is 0 Å². The van der Waals surface area contributed by atoms with E-state index in [-0.39, 0.29) is 18.0 Å². The van der Waals surface area contributed by atoms with E-state index in [1.165, 1.54) is 30.4 Å². The Hall–Kier alpha value is -0.860. The van der Waals surface area contributed by atoms with Crippen LogP contribution in [0, 0.1) is 6.92 Å². The van der Waals surface area contributed by atoms with Gasteiger partial charge < -0.3 is 9.47 Å². The maximum absolute atomic E-state index is 6.35. The smallest absolute Gasteiger partial charge is 0.169 e. The molecule has 1 aliphatic heterocycles. The van der Waals surface area contributed by atoms with Gasteiger partial charge in [-0.3, -0.25) is 0 Å². The average molecular weight is 246 g/mol. The van der Waals surface area contributed by atoms with Gasteiger partial charge in [-0.15, -0.1) is 0 Å². The van der Waals surface area contributed by atoms with E-state index in [2.05, 4.69) is 38.1 Å². The molecule has 1 spiro atoms. The van der Waals surface area contributed by atoms with Crippen LogP contribution in [-0.4, -0.2) is 11.9 Å². The van der Waals surface area contributed by atoms with E-state index in [1.54, 1.807) is 0 Å². The van der Waals surface area contributed by atoms with Crippen molar-refractivity contribution in [2.45, 2.75) is 63.9 Å². The van der Waals surface area contributed by atoms with Gasteiger partial charge in [0, 0.05) is 12.8 Å². The van der Waals surface area contributed by atoms with Gasteiger partial charge in [-0.25, -0.2) is 0 Å². The minimum atomic E-state index is -0.287. The number of hydrogen-bond acceptors (Lipinski definition) is 2. The van der Waals surface area contributed by atoms with E-state index in [0.29, 0.717) is 0 Å². The van der Waals surface area contributed by atoms with Gasteiger partial charge in [-0.1, -0.05) is 30.7 Å². The minimum absolute atomic E-state index is 0.101. The monoisotopic (exact) mass is 246 g/mol. The molecule has 1 saturated carbocycles. The van der Waals surface area contributed by atoms with Crippen LogP contribution < -0.4 is 0 Å². The third kappa shape index (κ3) is 2.08. The van der Waals surface area contributed by atoms with Crippen LogP contribution in [0.5, 0.6) is 0 Å². The number of aryl methyl sites for hydroxylation is 1. The largest absolute Gasteiger partial charge is 0.344 e. The summed E-state index contributed by atoms with van der Waals surface area (Å²) >= 11 is 0. The lowest BCUT2D eigenvalue weighted by molar-refractivity contribution is -0.193. The van der Waals surface area contributed by atoms with Crippen LogP contribution >= 0.6 is 0 Å². The van der Waals surface area contributed by atoms with E-state index in [9.17, 15) is 0 Å². The Kier molecular flexibility index (Phi) is 3.16. The highest BCUT2D eigenvalue weighted by Crippen LogP contribution is 2.46. The molecule has 2 aliphatic rings.